The third-order valence-electron chi connectivity index (χ3n) is 6.17. The number of hydrogen-bond donors (Lipinski definition) is 2. The Morgan fingerprint density at radius 3 is 1.10 bits per heavy atom. The van der Waals surface area contributed by atoms with E-state index in [1.807, 2.05) is 100 Å². The van der Waals surface area contributed by atoms with Crippen molar-refractivity contribution in [1.82, 2.24) is 39.9 Å². The van der Waals surface area contributed by atoms with Crippen LogP contribution in [0.15, 0.2) is 83.0 Å². The number of imidazole rings is 2. The van der Waals surface area contributed by atoms with Crippen molar-refractivity contribution < 1.29 is 0 Å². The second kappa shape index (κ2) is 10.4. The van der Waals surface area contributed by atoms with Crippen molar-refractivity contribution in [2.24, 2.45) is 10.2 Å². The van der Waals surface area contributed by atoms with Gasteiger partial charge in [0.1, 0.15) is 11.4 Å². The van der Waals surface area contributed by atoms with Gasteiger partial charge in [-0.25, -0.2) is 9.97 Å². The summed E-state index contributed by atoms with van der Waals surface area (Å²) in [4.78, 5) is 34.7. The highest BCUT2D eigenvalue weighted by Crippen LogP contribution is 2.33. The molecule has 0 aliphatic carbocycles. The molecule has 2 N–H and O–H groups in total. The van der Waals surface area contributed by atoms with Crippen LogP contribution in [0.25, 0.3) is 45.6 Å². The van der Waals surface area contributed by atoms with Crippen molar-refractivity contribution in [3.63, 3.8) is 0 Å². The van der Waals surface area contributed by atoms with Crippen LogP contribution in [0.1, 0.15) is 22.8 Å². The number of H-pyrrole nitrogens is 2. The largest absolute Gasteiger partial charge is 0.319 e. The molecule has 6 heterocycles. The molecule has 6 aromatic rings. The zero-order chi connectivity index (χ0) is 27.6. The fraction of sp³-hybridized carbons (Fsp3) is 0.133. The molecule has 0 aromatic carbocycles. The fourth-order valence-corrected chi connectivity index (χ4v) is 4.37. The molecule has 0 saturated heterocycles. The van der Waals surface area contributed by atoms with Gasteiger partial charge in [0.05, 0.1) is 34.2 Å². The lowest BCUT2D eigenvalue weighted by molar-refractivity contribution is 1.07. The van der Waals surface area contributed by atoms with Gasteiger partial charge in [0.25, 0.3) is 0 Å². The molecule has 0 spiro atoms. The second-order valence-corrected chi connectivity index (χ2v) is 9.42. The molecule has 0 aliphatic heterocycles. The monoisotopic (exact) mass is 526 g/mol. The number of pyridine rings is 4. The van der Waals surface area contributed by atoms with E-state index in [1.54, 1.807) is 0 Å². The Morgan fingerprint density at radius 2 is 0.750 bits per heavy atom. The summed E-state index contributed by atoms with van der Waals surface area (Å²) in [6.45, 7) is 7.78. The van der Waals surface area contributed by atoms with Gasteiger partial charge in [0.15, 0.2) is 0 Å². The van der Waals surface area contributed by atoms with Gasteiger partial charge in [-0.15, -0.1) is 10.2 Å². The van der Waals surface area contributed by atoms with E-state index in [0.717, 1.165) is 45.6 Å². The van der Waals surface area contributed by atoms with Gasteiger partial charge >= 0.3 is 0 Å². The van der Waals surface area contributed by atoms with Crippen LogP contribution in [0.5, 0.6) is 0 Å². The average Bonchev–Trinajstić information content (AvgIpc) is 3.57. The van der Waals surface area contributed by atoms with Crippen molar-refractivity contribution in [2.45, 2.75) is 27.7 Å². The molecule has 40 heavy (non-hydrogen) atoms. The summed E-state index contributed by atoms with van der Waals surface area (Å²) < 4.78 is 0. The molecular formula is C30H26N10. The minimum Gasteiger partial charge on any atom is -0.319 e. The van der Waals surface area contributed by atoms with E-state index >= 15 is 0 Å². The second-order valence-electron chi connectivity index (χ2n) is 9.42. The number of nitrogens with one attached hydrogen (secondary N) is 2. The van der Waals surface area contributed by atoms with Crippen LogP contribution >= 0.6 is 0 Å². The Kier molecular flexibility index (Phi) is 6.49. The minimum atomic E-state index is 0.304. The van der Waals surface area contributed by atoms with E-state index in [1.165, 1.54) is 0 Å². The third kappa shape index (κ3) is 5.14. The lowest BCUT2D eigenvalue weighted by Crippen LogP contribution is -1.91. The molecule has 0 saturated carbocycles. The molecule has 10 heteroatoms. The van der Waals surface area contributed by atoms with E-state index < -0.39 is 0 Å². The van der Waals surface area contributed by atoms with Gasteiger partial charge in [0.2, 0.25) is 11.9 Å². The molecule has 0 unspecified atom stereocenters. The number of nitrogens with zero attached hydrogens (tertiary/aromatic N) is 8. The molecule has 0 bridgehead atoms. The zero-order valence-electron chi connectivity index (χ0n) is 22.5. The smallest absolute Gasteiger partial charge is 0.248 e. The summed E-state index contributed by atoms with van der Waals surface area (Å²) in [6.07, 6.45) is 0. The van der Waals surface area contributed by atoms with Gasteiger partial charge in [-0.1, -0.05) is 24.3 Å². The van der Waals surface area contributed by atoms with Gasteiger partial charge < -0.3 is 9.97 Å². The van der Waals surface area contributed by atoms with E-state index in [2.05, 4.69) is 40.1 Å². The first-order chi connectivity index (χ1) is 19.4. The first-order valence-corrected chi connectivity index (χ1v) is 12.8. The summed E-state index contributed by atoms with van der Waals surface area (Å²) in [7, 11) is 0. The summed E-state index contributed by atoms with van der Waals surface area (Å²) in [5.41, 5.74) is 9.19. The molecule has 196 valence electrons. The summed E-state index contributed by atoms with van der Waals surface area (Å²) in [5, 5.41) is 8.80. The molecule has 6 rings (SSSR count). The SMILES string of the molecule is Cc1cccc(-c2nc(/N=N/c3nc(-c4cccc(C)n4)c(-c4cccc(C)n4)[nH]3)[nH]c2-c2cccc(C)n2)n1. The third-order valence-corrected chi connectivity index (χ3v) is 6.17. The summed E-state index contributed by atoms with van der Waals surface area (Å²) in [6, 6.07) is 23.3. The zero-order valence-corrected chi connectivity index (χ0v) is 22.5. The Balaban J connectivity index is 1.43. The van der Waals surface area contributed by atoms with Crippen LogP contribution in [0.4, 0.5) is 11.9 Å². The van der Waals surface area contributed by atoms with Crippen LogP contribution in [0, 0.1) is 27.7 Å². The maximum Gasteiger partial charge on any atom is 0.248 e. The lowest BCUT2D eigenvalue weighted by atomic mass is 10.1. The van der Waals surface area contributed by atoms with Gasteiger partial charge in [0, 0.05) is 22.8 Å². The van der Waals surface area contributed by atoms with Crippen LogP contribution < -0.4 is 0 Å². The number of aromatic amines is 2. The van der Waals surface area contributed by atoms with Crippen LogP contribution in [-0.2, 0) is 0 Å². The summed E-state index contributed by atoms with van der Waals surface area (Å²) >= 11 is 0. The molecule has 0 fully saturated rings. The van der Waals surface area contributed by atoms with Crippen molar-refractivity contribution in [3.8, 4) is 45.6 Å². The topological polar surface area (TPSA) is 134 Å². The molecule has 0 amide bonds. The Bertz CT molecular complexity index is 1600. The Hall–Kier alpha value is -5.38. The minimum absolute atomic E-state index is 0.304. The van der Waals surface area contributed by atoms with Crippen LogP contribution in [-0.4, -0.2) is 39.9 Å². The van der Waals surface area contributed by atoms with Crippen molar-refractivity contribution in [3.05, 3.63) is 95.6 Å². The van der Waals surface area contributed by atoms with E-state index in [4.69, 9.17) is 9.97 Å². The van der Waals surface area contributed by atoms with E-state index in [9.17, 15) is 0 Å². The predicted molar refractivity (Wildman–Crippen MR) is 153 cm³/mol. The fourth-order valence-electron chi connectivity index (χ4n) is 4.37. The maximum atomic E-state index is 4.73. The first kappa shape index (κ1) is 24.9. The highest BCUT2D eigenvalue weighted by molar-refractivity contribution is 5.77. The lowest BCUT2D eigenvalue weighted by Gasteiger charge is -2.03. The molecule has 10 nitrogen and oxygen atoms in total. The molecule has 0 aliphatic rings. The van der Waals surface area contributed by atoms with Crippen LogP contribution in [0.3, 0.4) is 0 Å². The first-order valence-electron chi connectivity index (χ1n) is 12.8. The number of hydrogen-bond acceptors (Lipinski definition) is 8. The molecule has 6 aromatic heterocycles. The quantitative estimate of drug-likeness (QED) is 0.224. The van der Waals surface area contributed by atoms with Crippen molar-refractivity contribution in [1.29, 1.82) is 0 Å². The van der Waals surface area contributed by atoms with Crippen molar-refractivity contribution in [2.75, 3.05) is 0 Å². The number of rotatable bonds is 6. The number of aryl methyl sites for hydroxylation is 4. The van der Waals surface area contributed by atoms with Crippen LogP contribution in [0.2, 0.25) is 0 Å². The highest BCUT2D eigenvalue weighted by atomic mass is 15.3. The Morgan fingerprint density at radius 1 is 0.425 bits per heavy atom. The van der Waals surface area contributed by atoms with Gasteiger partial charge in [-0.3, -0.25) is 19.9 Å². The van der Waals surface area contributed by atoms with Gasteiger partial charge in [-0.2, -0.15) is 0 Å². The number of aromatic nitrogens is 8. The Labute approximate surface area is 230 Å². The highest BCUT2D eigenvalue weighted by Gasteiger charge is 2.19. The standard InChI is InChI=1S/C30H26N10/c1-17-9-5-13-21(31-17)25-26(22-14-6-10-18(2)32-22)36-29(35-25)39-40-30-37-27(23-15-7-11-19(3)33-23)28(38-30)24-16-8-12-20(4)34-24/h5-16H,1-4H3,(H,35,36)(H,37,38)/b40-39+. The molecule has 0 atom stereocenters. The molecule has 0 radical (unpaired) electrons. The summed E-state index contributed by atoms with van der Waals surface area (Å²) in [5.74, 6) is 0.608. The maximum absolute atomic E-state index is 4.73. The van der Waals surface area contributed by atoms with E-state index in [0.29, 0.717) is 34.7 Å². The number of azo groups is 1. The van der Waals surface area contributed by atoms with E-state index in [-0.39, 0.29) is 0 Å². The molecular weight excluding hydrogens is 500 g/mol. The van der Waals surface area contributed by atoms with Gasteiger partial charge in [-0.05, 0) is 76.2 Å². The predicted octanol–water partition coefficient (Wildman–Crippen LogP) is 7.03. The average molecular weight is 527 g/mol. The normalized spacial score (nSPS) is 11.4. The van der Waals surface area contributed by atoms with Crippen molar-refractivity contribution >= 4 is 11.9 Å².